The summed E-state index contributed by atoms with van der Waals surface area (Å²) >= 11 is 0. The molecule has 1 saturated heterocycles. The number of hydrogen-bond acceptors (Lipinski definition) is 6. The summed E-state index contributed by atoms with van der Waals surface area (Å²) in [5.41, 5.74) is -4.94. The molecule has 0 radical (unpaired) electrons. The van der Waals surface area contributed by atoms with Gasteiger partial charge >= 0.3 is 5.51 Å². The van der Waals surface area contributed by atoms with Gasteiger partial charge in [-0.25, -0.2) is 8.42 Å². The maximum absolute atomic E-state index is 12.8. The molecule has 2 aromatic rings. The fourth-order valence-corrected chi connectivity index (χ4v) is 3.99. The Hall–Kier alpha value is -2.66. The Morgan fingerprint density at radius 3 is 2.17 bits per heavy atom. The van der Waals surface area contributed by atoms with Crippen LogP contribution in [0.15, 0.2) is 53.4 Å². The van der Waals surface area contributed by atoms with E-state index in [0.717, 1.165) is 24.2 Å². The van der Waals surface area contributed by atoms with Gasteiger partial charge in [0.1, 0.15) is 5.69 Å². The van der Waals surface area contributed by atoms with Crippen molar-refractivity contribution in [3.8, 4) is 0 Å². The second kappa shape index (κ2) is 7.99. The molecule has 1 aliphatic rings. The van der Waals surface area contributed by atoms with Gasteiger partial charge in [-0.15, -0.1) is 0 Å². The molecule has 11 heteroatoms. The summed E-state index contributed by atoms with van der Waals surface area (Å²) in [5, 5.41) is 11.4. The zero-order valence-electron chi connectivity index (χ0n) is 15.2. The SMILES string of the molecule is O=[N+]([O-])c1cc(S(=O)(=O)C(F)(F)F)ccc1N1CCN(Cc2ccccc2)CC1. The predicted octanol–water partition coefficient (Wildman–Crippen LogP) is 3.21. The number of nitro groups is 1. The van der Waals surface area contributed by atoms with Crippen molar-refractivity contribution in [2.24, 2.45) is 0 Å². The predicted molar refractivity (Wildman–Crippen MR) is 100 cm³/mol. The number of nitro benzene ring substituents is 1. The molecule has 29 heavy (non-hydrogen) atoms. The number of benzene rings is 2. The molecular formula is C18H18F3N3O4S. The lowest BCUT2D eigenvalue weighted by atomic mass is 10.2. The Kier molecular flexibility index (Phi) is 5.80. The topological polar surface area (TPSA) is 83.8 Å². The number of rotatable bonds is 5. The Labute approximate surface area is 165 Å². The maximum atomic E-state index is 12.8. The highest BCUT2D eigenvalue weighted by Crippen LogP contribution is 2.36. The summed E-state index contributed by atoms with van der Waals surface area (Å²) in [5.74, 6) is 0. The highest BCUT2D eigenvalue weighted by atomic mass is 32.2. The van der Waals surface area contributed by atoms with Gasteiger partial charge in [-0.2, -0.15) is 13.2 Å². The van der Waals surface area contributed by atoms with Gasteiger partial charge in [0, 0.05) is 38.8 Å². The third kappa shape index (κ3) is 4.51. The summed E-state index contributed by atoms with van der Waals surface area (Å²) < 4.78 is 61.4. The average molecular weight is 429 g/mol. The van der Waals surface area contributed by atoms with Crippen LogP contribution in [-0.2, 0) is 16.4 Å². The smallest absolute Gasteiger partial charge is 0.363 e. The van der Waals surface area contributed by atoms with Crippen molar-refractivity contribution in [1.29, 1.82) is 0 Å². The molecule has 0 saturated carbocycles. The molecule has 0 bridgehead atoms. The Balaban J connectivity index is 1.78. The van der Waals surface area contributed by atoms with Crippen LogP contribution in [-0.4, -0.2) is 49.9 Å². The van der Waals surface area contributed by atoms with Crippen molar-refractivity contribution in [1.82, 2.24) is 4.90 Å². The van der Waals surface area contributed by atoms with E-state index in [-0.39, 0.29) is 5.69 Å². The Bertz CT molecular complexity index is 989. The average Bonchev–Trinajstić information content (AvgIpc) is 2.68. The van der Waals surface area contributed by atoms with Crippen LogP contribution in [0.5, 0.6) is 0 Å². The van der Waals surface area contributed by atoms with E-state index in [4.69, 9.17) is 0 Å². The lowest BCUT2D eigenvalue weighted by Crippen LogP contribution is -2.46. The van der Waals surface area contributed by atoms with Gasteiger partial charge in [0.05, 0.1) is 9.82 Å². The van der Waals surface area contributed by atoms with Crippen LogP contribution in [0, 0.1) is 10.1 Å². The van der Waals surface area contributed by atoms with Gasteiger partial charge in [-0.3, -0.25) is 15.0 Å². The van der Waals surface area contributed by atoms with Gasteiger partial charge in [0.15, 0.2) is 0 Å². The number of sulfone groups is 1. The van der Waals surface area contributed by atoms with E-state index >= 15 is 0 Å². The minimum absolute atomic E-state index is 0.107. The van der Waals surface area contributed by atoms with Crippen LogP contribution in [0.4, 0.5) is 24.5 Å². The first-order valence-corrected chi connectivity index (χ1v) is 10.2. The fourth-order valence-electron chi connectivity index (χ4n) is 3.21. The molecule has 0 spiro atoms. The van der Waals surface area contributed by atoms with E-state index in [0.29, 0.717) is 32.2 Å². The molecule has 0 atom stereocenters. The molecule has 1 fully saturated rings. The van der Waals surface area contributed by atoms with Crippen molar-refractivity contribution in [2.45, 2.75) is 16.9 Å². The molecule has 0 aliphatic carbocycles. The minimum atomic E-state index is -5.65. The first-order valence-electron chi connectivity index (χ1n) is 8.70. The second-order valence-electron chi connectivity index (χ2n) is 6.61. The highest BCUT2D eigenvalue weighted by Gasteiger charge is 2.47. The van der Waals surface area contributed by atoms with Crippen LogP contribution in [0.1, 0.15) is 5.56 Å². The summed E-state index contributed by atoms with van der Waals surface area (Å²) in [6, 6.07) is 12.1. The number of piperazine rings is 1. The van der Waals surface area contributed by atoms with Gasteiger partial charge < -0.3 is 4.90 Å². The van der Waals surface area contributed by atoms with Crippen LogP contribution >= 0.6 is 0 Å². The molecule has 3 rings (SSSR count). The molecule has 7 nitrogen and oxygen atoms in total. The number of hydrogen-bond donors (Lipinski definition) is 0. The van der Waals surface area contributed by atoms with E-state index in [1.807, 2.05) is 30.3 Å². The molecule has 0 amide bonds. The van der Waals surface area contributed by atoms with E-state index in [2.05, 4.69) is 4.90 Å². The zero-order chi connectivity index (χ0) is 21.2. The van der Waals surface area contributed by atoms with E-state index in [1.165, 1.54) is 0 Å². The second-order valence-corrected chi connectivity index (χ2v) is 8.55. The van der Waals surface area contributed by atoms with Gasteiger partial charge in [-0.05, 0) is 17.7 Å². The molecule has 0 N–H and O–H groups in total. The van der Waals surface area contributed by atoms with Crippen molar-refractivity contribution in [2.75, 3.05) is 31.1 Å². The standard InChI is InChI=1S/C18H18F3N3O4S/c19-18(20,21)29(27,28)15-6-7-16(17(12-15)24(25)26)23-10-8-22(9-11-23)13-14-4-2-1-3-5-14/h1-7,12H,8-11,13H2. The molecule has 0 unspecified atom stereocenters. The first-order chi connectivity index (χ1) is 13.6. The molecule has 2 aromatic carbocycles. The number of alkyl halides is 3. The molecule has 0 aromatic heterocycles. The number of anilines is 1. The van der Waals surface area contributed by atoms with Gasteiger partial charge in [0.2, 0.25) is 0 Å². The van der Waals surface area contributed by atoms with E-state index in [1.54, 1.807) is 4.90 Å². The maximum Gasteiger partial charge on any atom is 0.501 e. The number of halogens is 3. The van der Waals surface area contributed by atoms with Gasteiger partial charge in [0.25, 0.3) is 15.5 Å². The van der Waals surface area contributed by atoms with Crippen molar-refractivity contribution < 1.29 is 26.5 Å². The van der Waals surface area contributed by atoms with E-state index in [9.17, 15) is 31.7 Å². The molecular weight excluding hydrogens is 411 g/mol. The normalized spacial score (nSPS) is 16.0. The summed E-state index contributed by atoms with van der Waals surface area (Å²) in [4.78, 5) is 13.2. The Morgan fingerprint density at radius 1 is 1.00 bits per heavy atom. The fraction of sp³-hybridized carbons (Fsp3) is 0.333. The van der Waals surface area contributed by atoms with Gasteiger partial charge in [-0.1, -0.05) is 30.3 Å². The van der Waals surface area contributed by atoms with Crippen LogP contribution < -0.4 is 4.90 Å². The summed E-state index contributed by atoms with van der Waals surface area (Å²) in [6.45, 7) is 2.79. The third-order valence-electron chi connectivity index (χ3n) is 4.72. The van der Waals surface area contributed by atoms with Crippen molar-refractivity contribution >= 4 is 21.2 Å². The third-order valence-corrected chi connectivity index (χ3v) is 6.20. The molecule has 1 heterocycles. The minimum Gasteiger partial charge on any atom is -0.363 e. The van der Waals surface area contributed by atoms with E-state index < -0.39 is 30.9 Å². The number of nitrogens with zero attached hydrogens (tertiary/aromatic N) is 3. The van der Waals surface area contributed by atoms with Crippen LogP contribution in [0.2, 0.25) is 0 Å². The summed E-state index contributed by atoms with van der Waals surface area (Å²) in [7, 11) is -5.65. The highest BCUT2D eigenvalue weighted by molar-refractivity contribution is 7.92. The lowest BCUT2D eigenvalue weighted by Gasteiger charge is -2.35. The van der Waals surface area contributed by atoms with Crippen molar-refractivity contribution in [3.05, 3.63) is 64.2 Å². The Morgan fingerprint density at radius 2 is 1.62 bits per heavy atom. The molecule has 1 aliphatic heterocycles. The monoisotopic (exact) mass is 429 g/mol. The quantitative estimate of drug-likeness (QED) is 0.536. The van der Waals surface area contributed by atoms with Crippen LogP contribution in [0.25, 0.3) is 0 Å². The lowest BCUT2D eigenvalue weighted by molar-refractivity contribution is -0.384. The summed E-state index contributed by atoms with van der Waals surface area (Å²) in [6.07, 6.45) is 0. The largest absolute Gasteiger partial charge is 0.501 e. The zero-order valence-corrected chi connectivity index (χ0v) is 16.0. The van der Waals surface area contributed by atoms with Crippen LogP contribution in [0.3, 0.4) is 0 Å². The van der Waals surface area contributed by atoms with Crippen molar-refractivity contribution in [3.63, 3.8) is 0 Å². The first kappa shape index (κ1) is 21.1. The molecule has 156 valence electrons.